The predicted octanol–water partition coefficient (Wildman–Crippen LogP) is 7.33. The Morgan fingerprint density at radius 2 is 1.77 bits per heavy atom. The molecule has 0 radical (unpaired) electrons. The molecule has 2 bridgehead atoms. The number of methoxy groups -OCH3 is 1. The van der Waals surface area contributed by atoms with Crippen LogP contribution in [0.2, 0.25) is 0 Å². The highest BCUT2D eigenvalue weighted by molar-refractivity contribution is 6.06. The fraction of sp³-hybridized carbons (Fsp3) is 0.476. The van der Waals surface area contributed by atoms with Gasteiger partial charge in [0.2, 0.25) is 0 Å². The van der Waals surface area contributed by atoms with Crippen molar-refractivity contribution in [1.29, 1.82) is 0 Å². The zero-order valence-electron chi connectivity index (χ0n) is 32.4. The Kier molecular flexibility index (Phi) is 9.61. The summed E-state index contributed by atoms with van der Waals surface area (Å²) in [4.78, 5) is 40.3. The summed E-state index contributed by atoms with van der Waals surface area (Å²) in [6.45, 7) is 8.08. The second-order valence-corrected chi connectivity index (χ2v) is 16.4. The summed E-state index contributed by atoms with van der Waals surface area (Å²) in [6, 6.07) is 4.29. The third-order valence-electron chi connectivity index (χ3n) is 11.5. The Morgan fingerprint density at radius 3 is 2.44 bits per heavy atom. The summed E-state index contributed by atoms with van der Waals surface area (Å²) >= 11 is 0. The third-order valence-corrected chi connectivity index (χ3v) is 11.5. The molecule has 0 saturated carbocycles. The Morgan fingerprint density at radius 1 is 1.04 bits per heavy atom. The van der Waals surface area contributed by atoms with E-state index in [9.17, 15) is 14.0 Å². The quantitative estimate of drug-likeness (QED) is 0.0819. The number of piperazine rings is 1. The minimum Gasteiger partial charge on any atom is -0.493 e. The standard InChI is InChI=1S/C42H43F4N5O6/c1-7-28-30(44)12-9-23-15-27(56-22(2)52)16-29(31(23)28)32-34(45)36-33(37(54-6)35(32)46)38(48-39(47-36)55-21-42-13-8-14-50(42)18-24(43)17-42)49-19-25-10-11-26(20-49)51(25)40(53)57-41(3,4)5/h1,9,12,15-16,24-26H,8,10-11,13-14,17-21H2,2-6H3/t24-,25-,26+,42+/m1/s1. The van der Waals surface area contributed by atoms with Crippen molar-refractivity contribution in [3.63, 3.8) is 0 Å². The van der Waals surface area contributed by atoms with Gasteiger partial charge in [-0.05, 0) is 76.6 Å². The van der Waals surface area contributed by atoms with E-state index in [1.54, 1.807) is 25.7 Å². The van der Waals surface area contributed by atoms with Crippen LogP contribution in [0.25, 0.3) is 32.8 Å². The van der Waals surface area contributed by atoms with E-state index in [-0.39, 0.29) is 95.1 Å². The lowest BCUT2D eigenvalue weighted by Gasteiger charge is -2.42. The maximum atomic E-state index is 17.6. The number of terminal acetylenes is 1. The molecule has 0 unspecified atom stereocenters. The first-order valence-electron chi connectivity index (χ1n) is 19.1. The molecule has 8 rings (SSSR count). The van der Waals surface area contributed by atoms with Gasteiger partial charge in [0, 0.05) is 43.9 Å². The lowest BCUT2D eigenvalue weighted by molar-refractivity contribution is -0.131. The lowest BCUT2D eigenvalue weighted by atomic mass is 9.92. The Bertz CT molecular complexity index is 2350. The molecular formula is C42H43F4N5O6. The number of fused-ring (bicyclic) bond motifs is 5. The van der Waals surface area contributed by atoms with Crippen molar-refractivity contribution >= 4 is 39.6 Å². The number of amides is 1. The molecule has 4 atom stereocenters. The predicted molar refractivity (Wildman–Crippen MR) is 204 cm³/mol. The molecule has 5 heterocycles. The molecule has 0 aliphatic carbocycles. The van der Waals surface area contributed by atoms with Gasteiger partial charge in [-0.3, -0.25) is 14.6 Å². The van der Waals surface area contributed by atoms with Gasteiger partial charge < -0.3 is 23.8 Å². The molecule has 3 aromatic carbocycles. The molecule has 4 saturated heterocycles. The number of carbonyl (C=O) groups excluding carboxylic acids is 2. The van der Waals surface area contributed by atoms with E-state index in [4.69, 9.17) is 30.4 Å². The van der Waals surface area contributed by atoms with E-state index in [2.05, 4.69) is 15.8 Å². The van der Waals surface area contributed by atoms with Gasteiger partial charge in [-0.1, -0.05) is 12.0 Å². The smallest absolute Gasteiger partial charge is 0.410 e. The summed E-state index contributed by atoms with van der Waals surface area (Å²) in [5, 5.41) is 0.156. The van der Waals surface area contributed by atoms with Crippen molar-refractivity contribution < 1.29 is 46.1 Å². The van der Waals surface area contributed by atoms with Crippen LogP contribution in [0.5, 0.6) is 17.5 Å². The van der Waals surface area contributed by atoms with E-state index >= 15 is 13.2 Å². The molecule has 57 heavy (non-hydrogen) atoms. The summed E-state index contributed by atoms with van der Waals surface area (Å²) in [5.74, 6) is -1.89. The molecule has 0 N–H and O–H groups in total. The van der Waals surface area contributed by atoms with Crippen LogP contribution in [0.4, 0.5) is 28.2 Å². The molecule has 4 fully saturated rings. The molecular weight excluding hydrogens is 746 g/mol. The number of esters is 1. The van der Waals surface area contributed by atoms with Gasteiger partial charge >= 0.3 is 18.1 Å². The van der Waals surface area contributed by atoms with Crippen LogP contribution in [0.3, 0.4) is 0 Å². The van der Waals surface area contributed by atoms with Crippen LogP contribution >= 0.6 is 0 Å². The van der Waals surface area contributed by atoms with Gasteiger partial charge in [-0.25, -0.2) is 22.4 Å². The molecule has 4 aliphatic heterocycles. The number of ether oxygens (including phenoxy) is 4. The van der Waals surface area contributed by atoms with Crippen molar-refractivity contribution in [2.75, 3.05) is 44.8 Å². The first kappa shape index (κ1) is 38.5. The van der Waals surface area contributed by atoms with Gasteiger partial charge in [-0.15, -0.1) is 6.42 Å². The van der Waals surface area contributed by atoms with Crippen LogP contribution in [0, 0.1) is 29.8 Å². The summed E-state index contributed by atoms with van der Waals surface area (Å²) in [7, 11) is 1.22. The number of carbonyl (C=O) groups is 2. The Hall–Kier alpha value is -5.36. The number of rotatable bonds is 7. The number of aromatic nitrogens is 2. The number of benzene rings is 3. The van der Waals surface area contributed by atoms with Crippen molar-refractivity contribution in [3.8, 4) is 41.0 Å². The number of anilines is 1. The molecule has 4 aliphatic rings. The third kappa shape index (κ3) is 6.71. The number of nitrogens with zero attached hydrogens (tertiary/aromatic N) is 5. The fourth-order valence-corrected chi connectivity index (χ4v) is 9.27. The first-order chi connectivity index (χ1) is 27.1. The number of alkyl halides is 1. The van der Waals surface area contributed by atoms with Gasteiger partial charge in [-0.2, -0.15) is 9.97 Å². The van der Waals surface area contributed by atoms with Gasteiger partial charge in [0.15, 0.2) is 17.4 Å². The number of hydrogen-bond acceptors (Lipinski definition) is 10. The zero-order valence-corrected chi connectivity index (χ0v) is 32.4. The largest absolute Gasteiger partial charge is 0.493 e. The van der Waals surface area contributed by atoms with E-state index in [0.29, 0.717) is 25.8 Å². The van der Waals surface area contributed by atoms with Crippen molar-refractivity contribution in [2.24, 2.45) is 0 Å². The molecule has 300 valence electrons. The molecule has 4 aromatic rings. The second kappa shape index (κ2) is 14.2. The highest BCUT2D eigenvalue weighted by Crippen LogP contribution is 2.48. The van der Waals surface area contributed by atoms with E-state index in [1.807, 2.05) is 4.90 Å². The SMILES string of the molecule is C#Cc1c(F)ccc2cc(OC(C)=O)cc(-c3c(F)c(OC)c4c(N5C[C@H]6CC[C@@H](C5)N6C(=O)OC(C)(C)C)nc(OC[C@@]56CCCN5C[C@H](F)C6)nc4c3F)c12. The fourth-order valence-electron chi connectivity index (χ4n) is 9.27. The average molecular weight is 790 g/mol. The van der Waals surface area contributed by atoms with Crippen LogP contribution in [-0.4, -0.2) is 101 Å². The lowest BCUT2D eigenvalue weighted by Crippen LogP contribution is -2.57. The molecule has 1 amide bonds. The topological polar surface area (TPSA) is 107 Å². The minimum absolute atomic E-state index is 0.00404. The summed E-state index contributed by atoms with van der Waals surface area (Å²) in [6.07, 6.45) is 7.44. The van der Waals surface area contributed by atoms with E-state index in [1.165, 1.54) is 32.2 Å². The van der Waals surface area contributed by atoms with Gasteiger partial charge in [0.1, 0.15) is 41.3 Å². The van der Waals surface area contributed by atoms with E-state index in [0.717, 1.165) is 12.5 Å². The van der Waals surface area contributed by atoms with Gasteiger partial charge in [0.25, 0.3) is 0 Å². The van der Waals surface area contributed by atoms with Crippen LogP contribution in [-0.2, 0) is 9.53 Å². The maximum absolute atomic E-state index is 17.6. The monoisotopic (exact) mass is 789 g/mol. The molecule has 1 aromatic heterocycles. The number of hydrogen-bond donors (Lipinski definition) is 0. The van der Waals surface area contributed by atoms with Crippen molar-refractivity contribution in [2.45, 2.75) is 89.2 Å². The highest BCUT2D eigenvalue weighted by atomic mass is 19.1. The van der Waals surface area contributed by atoms with Crippen LogP contribution in [0.1, 0.15) is 65.4 Å². The Labute approximate surface area is 327 Å². The highest BCUT2D eigenvalue weighted by Gasteiger charge is 2.50. The van der Waals surface area contributed by atoms with Gasteiger partial charge in [0.05, 0.1) is 41.2 Å². The molecule has 0 spiro atoms. The van der Waals surface area contributed by atoms with Crippen LogP contribution < -0.4 is 19.1 Å². The summed E-state index contributed by atoms with van der Waals surface area (Å²) < 4.78 is 87.9. The second-order valence-electron chi connectivity index (χ2n) is 16.4. The maximum Gasteiger partial charge on any atom is 0.410 e. The molecule has 15 heteroatoms. The molecule has 11 nitrogen and oxygen atoms in total. The number of halogens is 4. The average Bonchev–Trinajstić information content (AvgIpc) is 3.76. The first-order valence-corrected chi connectivity index (χ1v) is 19.1. The normalized spacial score (nSPS) is 23.2. The zero-order chi connectivity index (χ0) is 40.6. The van der Waals surface area contributed by atoms with Crippen molar-refractivity contribution in [1.82, 2.24) is 19.8 Å². The van der Waals surface area contributed by atoms with Crippen molar-refractivity contribution in [3.05, 3.63) is 47.3 Å². The summed E-state index contributed by atoms with van der Waals surface area (Å²) in [5.41, 5.74) is -2.81. The van der Waals surface area contributed by atoms with E-state index < -0.39 is 58.1 Å². The Balaban J connectivity index is 1.32. The van der Waals surface area contributed by atoms with Crippen LogP contribution in [0.15, 0.2) is 24.3 Å². The minimum atomic E-state index is -1.16.